The lowest BCUT2D eigenvalue weighted by molar-refractivity contribution is -0.148. The van der Waals surface area contributed by atoms with Crippen LogP contribution in [-0.4, -0.2) is 101 Å². The molecule has 6 N–H and O–H groups in total. The third-order valence-electron chi connectivity index (χ3n) is 8.55. The van der Waals surface area contributed by atoms with Crippen LogP contribution < -0.4 is 10.6 Å². The van der Waals surface area contributed by atoms with Gasteiger partial charge in [-0.25, -0.2) is 0 Å². The van der Waals surface area contributed by atoms with Gasteiger partial charge < -0.3 is 31.1 Å². The van der Waals surface area contributed by atoms with Crippen molar-refractivity contribution in [3.8, 4) is 5.75 Å². The summed E-state index contributed by atoms with van der Waals surface area (Å²) in [4.78, 5) is 45.1. The van der Waals surface area contributed by atoms with Crippen molar-refractivity contribution in [2.24, 2.45) is 17.6 Å². The maximum atomic E-state index is 14.1. The van der Waals surface area contributed by atoms with Crippen molar-refractivity contribution in [2.75, 3.05) is 46.2 Å². The van der Waals surface area contributed by atoms with Gasteiger partial charge in [-0.3, -0.25) is 24.2 Å². The molecular weight excluding hydrogens is 504 g/mol. The summed E-state index contributed by atoms with van der Waals surface area (Å²) in [6.07, 6.45) is 4.35. The van der Waals surface area contributed by atoms with Gasteiger partial charge in [0, 0.05) is 56.5 Å². The summed E-state index contributed by atoms with van der Waals surface area (Å²) in [5, 5.41) is 45.5. The number of amides is 1. The van der Waals surface area contributed by atoms with E-state index in [4.69, 9.17) is 5.73 Å². The van der Waals surface area contributed by atoms with Crippen molar-refractivity contribution < 1.29 is 34.8 Å². The molecule has 3 aliphatic carbocycles. The lowest BCUT2D eigenvalue weighted by atomic mass is 9.58. The number of carbonyl (C=O) groups is 3. The van der Waals surface area contributed by atoms with Crippen molar-refractivity contribution in [3.05, 3.63) is 57.6 Å². The van der Waals surface area contributed by atoms with Gasteiger partial charge in [0.25, 0.3) is 5.91 Å². The van der Waals surface area contributed by atoms with Crippen LogP contribution in [0.2, 0.25) is 0 Å². The third kappa shape index (κ3) is 3.79. The number of hydrogen-bond acceptors (Lipinski definition) is 10. The third-order valence-corrected chi connectivity index (χ3v) is 8.55. The van der Waals surface area contributed by atoms with Crippen LogP contribution in [0.15, 0.2) is 40.9 Å². The van der Waals surface area contributed by atoms with Gasteiger partial charge in [0.1, 0.15) is 22.8 Å². The molecule has 0 spiro atoms. The highest BCUT2D eigenvalue weighted by molar-refractivity contribution is 6.24. The molecule has 0 bridgehead atoms. The molecule has 1 aromatic carbocycles. The second-order valence-electron chi connectivity index (χ2n) is 11.3. The monoisotopic (exact) mass is 538 g/mol. The molecule has 0 aromatic heterocycles. The van der Waals surface area contributed by atoms with E-state index in [9.17, 15) is 34.8 Å². The number of benzene rings is 1. The number of allylic oxidation sites excluding steroid dienone is 1. The van der Waals surface area contributed by atoms with E-state index >= 15 is 0 Å². The van der Waals surface area contributed by atoms with E-state index in [1.807, 2.05) is 37.2 Å². The lowest BCUT2D eigenvalue weighted by Crippen LogP contribution is -2.63. The second kappa shape index (κ2) is 9.22. The van der Waals surface area contributed by atoms with Crippen LogP contribution in [0.25, 0.3) is 0 Å². The zero-order chi connectivity index (χ0) is 28.5. The zero-order valence-electron chi connectivity index (χ0n) is 22.4. The van der Waals surface area contributed by atoms with Crippen LogP contribution >= 0.6 is 0 Å². The number of ketones is 2. The summed E-state index contributed by atoms with van der Waals surface area (Å²) in [6, 6.07) is 0.849. The molecule has 5 rings (SSSR count). The molecule has 11 heteroatoms. The first kappa shape index (κ1) is 26.9. The average molecular weight is 539 g/mol. The van der Waals surface area contributed by atoms with Crippen molar-refractivity contribution in [1.29, 1.82) is 0 Å². The smallest absolute Gasteiger partial charge is 0.255 e. The Labute approximate surface area is 226 Å². The molecule has 4 atom stereocenters. The van der Waals surface area contributed by atoms with Gasteiger partial charge >= 0.3 is 0 Å². The van der Waals surface area contributed by atoms with Crippen LogP contribution in [0.4, 0.5) is 5.69 Å². The van der Waals surface area contributed by atoms with Crippen LogP contribution in [0, 0.1) is 11.8 Å². The molecule has 11 nitrogen and oxygen atoms in total. The van der Waals surface area contributed by atoms with Crippen molar-refractivity contribution in [3.63, 3.8) is 0 Å². The Morgan fingerprint density at radius 1 is 1.13 bits per heavy atom. The molecule has 0 saturated carbocycles. The summed E-state index contributed by atoms with van der Waals surface area (Å²) in [5.74, 6) is -6.47. The number of phenolic OH excluding ortho intramolecular Hbond substituents is 1. The highest BCUT2D eigenvalue weighted by Crippen LogP contribution is 2.53. The molecule has 0 radical (unpaired) electrons. The van der Waals surface area contributed by atoms with E-state index in [-0.39, 0.29) is 29.7 Å². The van der Waals surface area contributed by atoms with Crippen LogP contribution in [0.1, 0.15) is 27.9 Å². The largest absolute Gasteiger partial charge is 0.510 e. The fourth-order valence-electron chi connectivity index (χ4n) is 6.76. The Bertz CT molecular complexity index is 1380. The topological polar surface area (TPSA) is 168 Å². The normalized spacial score (nSPS) is 28.6. The molecule has 208 valence electrons. The number of aliphatic hydroxyl groups is 3. The van der Waals surface area contributed by atoms with Gasteiger partial charge in [-0.05, 0) is 44.5 Å². The van der Waals surface area contributed by atoms with Crippen LogP contribution in [0.5, 0.6) is 5.75 Å². The van der Waals surface area contributed by atoms with E-state index in [0.717, 1.165) is 5.69 Å². The number of phenols is 1. The summed E-state index contributed by atoms with van der Waals surface area (Å²) >= 11 is 0. The first-order chi connectivity index (χ1) is 18.3. The standard InChI is InChI=1S/C28H34N4O7/c1-30(2)17-11-14(12-32-7-5-6-8-32)22(33)19-15(17)9-13-10-16-21(31(3)4)24(35)20(27(29)38)26(37)28(16,39)25(36)18(13)23(19)34/h5-6,11,13,16,21,33,35-36,39H,7-10,12H2,1-4H3,(H2,29,38)/t13-,16-,21-,28+/m0/s1. The molecular formula is C28H34N4O7. The first-order valence-corrected chi connectivity index (χ1v) is 12.9. The van der Waals surface area contributed by atoms with Crippen LogP contribution in [-0.2, 0) is 22.6 Å². The van der Waals surface area contributed by atoms with E-state index in [0.29, 0.717) is 30.8 Å². The zero-order valence-corrected chi connectivity index (χ0v) is 22.4. The number of primary amides is 1. The van der Waals surface area contributed by atoms with Crippen molar-refractivity contribution in [1.82, 2.24) is 9.80 Å². The number of aliphatic hydroxyl groups excluding tert-OH is 2. The van der Waals surface area contributed by atoms with Gasteiger partial charge in [-0.2, -0.15) is 0 Å². The molecule has 1 heterocycles. The van der Waals surface area contributed by atoms with Gasteiger partial charge in [0.05, 0.1) is 11.6 Å². The number of likely N-dealkylation sites (N-methyl/N-ethyl adjacent to an activating group) is 1. The number of Topliss-reactive ketones (excluding diaryl/α,β-unsaturated/α-hetero) is 2. The van der Waals surface area contributed by atoms with Crippen molar-refractivity contribution >= 4 is 23.2 Å². The number of carbonyl (C=O) groups excluding carboxylic acids is 3. The molecule has 0 saturated heterocycles. The summed E-state index contributed by atoms with van der Waals surface area (Å²) in [5.41, 5.74) is 3.71. The van der Waals surface area contributed by atoms with Crippen LogP contribution in [0.3, 0.4) is 0 Å². The molecule has 0 unspecified atom stereocenters. The quantitative estimate of drug-likeness (QED) is 0.264. The number of anilines is 1. The highest BCUT2D eigenvalue weighted by atomic mass is 16.3. The molecule has 39 heavy (non-hydrogen) atoms. The Morgan fingerprint density at radius 3 is 2.33 bits per heavy atom. The first-order valence-electron chi connectivity index (χ1n) is 12.9. The molecule has 0 fully saturated rings. The Hall–Kier alpha value is -3.67. The maximum Gasteiger partial charge on any atom is 0.255 e. The summed E-state index contributed by atoms with van der Waals surface area (Å²) in [6.45, 7) is 1.82. The van der Waals surface area contributed by atoms with Gasteiger partial charge in [-0.15, -0.1) is 0 Å². The molecule has 4 aliphatic rings. The predicted molar refractivity (Wildman–Crippen MR) is 142 cm³/mol. The lowest BCUT2D eigenvalue weighted by Gasteiger charge is -2.50. The average Bonchev–Trinajstić information content (AvgIpc) is 3.35. The molecule has 1 aromatic rings. The maximum absolute atomic E-state index is 14.1. The molecule has 1 amide bonds. The fraction of sp³-hybridized carbons (Fsp3) is 0.464. The number of nitrogens with zero attached hydrogens (tertiary/aromatic N) is 3. The minimum atomic E-state index is -2.65. The minimum Gasteiger partial charge on any atom is -0.510 e. The number of fused-ring (bicyclic) bond motifs is 3. The SMILES string of the molecule is CN(C)c1cc(CN2CC=CC2)c(O)c2c1C[C@H]1C[C@H]3[C@H](N(C)C)C(O)=C(C(N)=O)C(=O)[C@]3(O)C(O)=C1C2=O. The van der Waals surface area contributed by atoms with Gasteiger partial charge in [0.2, 0.25) is 5.78 Å². The summed E-state index contributed by atoms with van der Waals surface area (Å²) in [7, 11) is 6.90. The predicted octanol–water partition coefficient (Wildman–Crippen LogP) is 0.558. The van der Waals surface area contributed by atoms with E-state index in [2.05, 4.69) is 4.90 Å². The Kier molecular flexibility index (Phi) is 6.36. The van der Waals surface area contributed by atoms with Gasteiger partial charge in [0.15, 0.2) is 11.4 Å². The number of rotatable bonds is 5. The fourth-order valence-corrected chi connectivity index (χ4v) is 6.76. The Morgan fingerprint density at radius 2 is 1.77 bits per heavy atom. The number of hydrogen-bond donors (Lipinski definition) is 5. The number of nitrogens with two attached hydrogens (primary N) is 1. The van der Waals surface area contributed by atoms with Crippen molar-refractivity contribution in [2.45, 2.75) is 31.0 Å². The number of aromatic hydroxyl groups is 1. The summed E-state index contributed by atoms with van der Waals surface area (Å²) < 4.78 is 0. The van der Waals surface area contributed by atoms with E-state index < -0.39 is 58.0 Å². The minimum absolute atomic E-state index is 0.0316. The Balaban J connectivity index is 1.69. The van der Waals surface area contributed by atoms with E-state index in [1.165, 1.54) is 4.90 Å². The second-order valence-corrected chi connectivity index (χ2v) is 11.3. The highest BCUT2D eigenvalue weighted by Gasteiger charge is 2.63. The molecule has 1 aliphatic heterocycles. The van der Waals surface area contributed by atoms with E-state index in [1.54, 1.807) is 14.1 Å². The van der Waals surface area contributed by atoms with Gasteiger partial charge in [-0.1, -0.05) is 12.2 Å².